The van der Waals surface area contributed by atoms with Crippen LogP contribution in [0.4, 0.5) is 8.78 Å². The molecule has 106 valence electrons. The number of nitrogens with two attached hydrogens (primary N) is 1. The minimum absolute atomic E-state index is 0.0558. The van der Waals surface area contributed by atoms with Crippen molar-refractivity contribution in [3.8, 4) is 0 Å². The lowest BCUT2D eigenvalue weighted by Crippen LogP contribution is -2.41. The molecule has 18 heavy (non-hydrogen) atoms. The summed E-state index contributed by atoms with van der Waals surface area (Å²) >= 11 is 0. The Morgan fingerprint density at radius 1 is 1.17 bits per heavy atom. The summed E-state index contributed by atoms with van der Waals surface area (Å²) in [7, 11) is 0. The van der Waals surface area contributed by atoms with E-state index in [-0.39, 0.29) is 18.7 Å². The maximum Gasteiger partial charge on any atom is 0.277 e. The summed E-state index contributed by atoms with van der Waals surface area (Å²) < 4.78 is 25.4. The second-order valence-electron chi connectivity index (χ2n) is 4.04. The van der Waals surface area contributed by atoms with Crippen molar-refractivity contribution in [2.45, 2.75) is 38.5 Å². The Morgan fingerprint density at radius 3 is 2.22 bits per heavy atom. The number of amides is 2. The molecule has 0 aromatic carbocycles. The minimum atomic E-state index is -3.08. The average molecular weight is 265 g/mol. The van der Waals surface area contributed by atoms with Crippen LogP contribution in [-0.4, -0.2) is 37.4 Å². The summed E-state index contributed by atoms with van der Waals surface area (Å²) in [5.41, 5.74) is 4.82. The average Bonchev–Trinajstić information content (AvgIpc) is 2.34. The predicted octanol–water partition coefficient (Wildman–Crippen LogP) is 0.393. The molecule has 5 nitrogen and oxygen atoms in total. The summed E-state index contributed by atoms with van der Waals surface area (Å²) in [6.07, 6.45) is 1.47. The maximum absolute atomic E-state index is 12.7. The van der Waals surface area contributed by atoms with Crippen LogP contribution in [0, 0.1) is 0 Å². The fraction of sp³-hybridized carbons (Fsp3) is 0.818. The molecule has 0 aromatic rings. The molecule has 0 aliphatic rings. The molecule has 0 fully saturated rings. The highest BCUT2D eigenvalue weighted by Crippen LogP contribution is 2.08. The second kappa shape index (κ2) is 8.79. The fourth-order valence-corrected chi connectivity index (χ4v) is 1.15. The molecule has 0 atom stereocenters. The molecule has 0 rings (SSSR count). The summed E-state index contributed by atoms with van der Waals surface area (Å²) in [5.74, 6) is -3.70. The van der Waals surface area contributed by atoms with Crippen molar-refractivity contribution >= 4 is 11.8 Å². The van der Waals surface area contributed by atoms with E-state index < -0.39 is 24.9 Å². The van der Waals surface area contributed by atoms with Crippen molar-refractivity contribution in [2.24, 2.45) is 5.73 Å². The standard InChI is InChI=1S/C11H21F2N3O2/c1-2-6-15-9(17)4-3-5-10(18)16-8-11(12,13)7-14/h2-8,14H2,1H3,(H,15,17)(H,16,18). The molecule has 0 aromatic heterocycles. The zero-order valence-electron chi connectivity index (χ0n) is 10.6. The Kier molecular flexibility index (Phi) is 8.19. The summed E-state index contributed by atoms with van der Waals surface area (Å²) in [5, 5.41) is 4.75. The second-order valence-corrected chi connectivity index (χ2v) is 4.04. The quantitative estimate of drug-likeness (QED) is 0.564. The van der Waals surface area contributed by atoms with E-state index in [9.17, 15) is 18.4 Å². The van der Waals surface area contributed by atoms with Crippen molar-refractivity contribution in [1.82, 2.24) is 10.6 Å². The fourth-order valence-electron chi connectivity index (χ4n) is 1.15. The van der Waals surface area contributed by atoms with E-state index in [2.05, 4.69) is 10.6 Å². The third-order valence-electron chi connectivity index (χ3n) is 2.22. The van der Waals surface area contributed by atoms with E-state index >= 15 is 0 Å². The number of carbonyl (C=O) groups excluding carboxylic acids is 2. The third kappa shape index (κ3) is 8.86. The van der Waals surface area contributed by atoms with E-state index in [0.717, 1.165) is 6.42 Å². The van der Waals surface area contributed by atoms with Gasteiger partial charge in [-0.15, -0.1) is 0 Å². The van der Waals surface area contributed by atoms with Gasteiger partial charge in [0.25, 0.3) is 5.92 Å². The van der Waals surface area contributed by atoms with Gasteiger partial charge >= 0.3 is 0 Å². The van der Waals surface area contributed by atoms with E-state index in [1.807, 2.05) is 6.92 Å². The molecule has 4 N–H and O–H groups in total. The van der Waals surface area contributed by atoms with Gasteiger partial charge in [-0.25, -0.2) is 8.78 Å². The van der Waals surface area contributed by atoms with Crippen LogP contribution in [0.1, 0.15) is 32.6 Å². The molecule has 2 amide bonds. The van der Waals surface area contributed by atoms with E-state index in [4.69, 9.17) is 5.73 Å². The molecule has 0 spiro atoms. The maximum atomic E-state index is 12.7. The molecule has 0 unspecified atom stereocenters. The Hall–Kier alpha value is -1.24. The largest absolute Gasteiger partial charge is 0.356 e. The lowest BCUT2D eigenvalue weighted by atomic mass is 10.2. The number of carbonyl (C=O) groups is 2. The normalized spacial score (nSPS) is 11.1. The van der Waals surface area contributed by atoms with Crippen LogP contribution in [0.25, 0.3) is 0 Å². The SMILES string of the molecule is CCCNC(=O)CCCC(=O)NCC(F)(F)CN. The number of nitrogens with one attached hydrogen (secondary N) is 2. The zero-order valence-corrected chi connectivity index (χ0v) is 10.6. The van der Waals surface area contributed by atoms with Crippen molar-refractivity contribution in [3.05, 3.63) is 0 Å². The smallest absolute Gasteiger partial charge is 0.277 e. The summed E-state index contributed by atoms with van der Waals surface area (Å²) in [6, 6.07) is 0. The Bertz CT molecular complexity index is 273. The van der Waals surface area contributed by atoms with Gasteiger partial charge in [-0.3, -0.25) is 9.59 Å². The van der Waals surface area contributed by atoms with Crippen LogP contribution in [-0.2, 0) is 9.59 Å². The van der Waals surface area contributed by atoms with E-state index in [1.54, 1.807) is 0 Å². The predicted molar refractivity (Wildman–Crippen MR) is 64.2 cm³/mol. The Morgan fingerprint density at radius 2 is 1.72 bits per heavy atom. The van der Waals surface area contributed by atoms with Crippen LogP contribution in [0.2, 0.25) is 0 Å². The number of alkyl halides is 2. The number of hydrogen-bond acceptors (Lipinski definition) is 3. The minimum Gasteiger partial charge on any atom is -0.356 e. The van der Waals surface area contributed by atoms with Crippen LogP contribution in [0.5, 0.6) is 0 Å². The van der Waals surface area contributed by atoms with Crippen LogP contribution in [0.15, 0.2) is 0 Å². The Balaban J connectivity index is 3.62. The van der Waals surface area contributed by atoms with Gasteiger partial charge in [-0.05, 0) is 12.8 Å². The molecule has 0 radical (unpaired) electrons. The van der Waals surface area contributed by atoms with Crippen molar-refractivity contribution < 1.29 is 18.4 Å². The number of hydrogen-bond donors (Lipinski definition) is 3. The molecule has 0 aliphatic heterocycles. The first-order valence-electron chi connectivity index (χ1n) is 6.02. The lowest BCUT2D eigenvalue weighted by Gasteiger charge is -2.14. The van der Waals surface area contributed by atoms with Crippen LogP contribution < -0.4 is 16.4 Å². The third-order valence-corrected chi connectivity index (χ3v) is 2.22. The molecule has 0 aliphatic carbocycles. The van der Waals surface area contributed by atoms with Gasteiger partial charge in [-0.1, -0.05) is 6.92 Å². The van der Waals surface area contributed by atoms with Gasteiger partial charge < -0.3 is 16.4 Å². The summed E-state index contributed by atoms with van der Waals surface area (Å²) in [6.45, 7) is 0.982. The molecule has 0 heterocycles. The van der Waals surface area contributed by atoms with Crippen LogP contribution in [0.3, 0.4) is 0 Å². The van der Waals surface area contributed by atoms with Gasteiger partial charge in [-0.2, -0.15) is 0 Å². The van der Waals surface area contributed by atoms with Gasteiger partial charge in [0, 0.05) is 19.4 Å². The number of rotatable bonds is 9. The van der Waals surface area contributed by atoms with Crippen molar-refractivity contribution in [3.63, 3.8) is 0 Å². The molecule has 7 heteroatoms. The van der Waals surface area contributed by atoms with Gasteiger partial charge in [0.15, 0.2) is 0 Å². The molecular weight excluding hydrogens is 244 g/mol. The van der Waals surface area contributed by atoms with E-state index in [1.165, 1.54) is 0 Å². The highest BCUT2D eigenvalue weighted by molar-refractivity contribution is 5.78. The van der Waals surface area contributed by atoms with Crippen molar-refractivity contribution in [1.29, 1.82) is 0 Å². The first kappa shape index (κ1) is 16.8. The van der Waals surface area contributed by atoms with E-state index in [0.29, 0.717) is 13.0 Å². The lowest BCUT2D eigenvalue weighted by molar-refractivity contribution is -0.123. The molecule has 0 bridgehead atoms. The zero-order chi connectivity index (χ0) is 14.0. The first-order chi connectivity index (χ1) is 8.41. The van der Waals surface area contributed by atoms with Crippen LogP contribution >= 0.6 is 0 Å². The van der Waals surface area contributed by atoms with Gasteiger partial charge in [0.2, 0.25) is 11.8 Å². The summed E-state index contributed by atoms with van der Waals surface area (Å²) in [4.78, 5) is 22.4. The topological polar surface area (TPSA) is 84.2 Å². The van der Waals surface area contributed by atoms with Crippen molar-refractivity contribution in [2.75, 3.05) is 19.6 Å². The highest BCUT2D eigenvalue weighted by atomic mass is 19.3. The highest BCUT2D eigenvalue weighted by Gasteiger charge is 2.26. The van der Waals surface area contributed by atoms with Gasteiger partial charge in [0.05, 0.1) is 13.1 Å². The Labute approximate surface area is 105 Å². The van der Waals surface area contributed by atoms with Gasteiger partial charge in [0.1, 0.15) is 0 Å². The number of halogens is 2. The molecule has 0 saturated carbocycles. The molecular formula is C11H21F2N3O2. The monoisotopic (exact) mass is 265 g/mol. The first-order valence-corrected chi connectivity index (χ1v) is 6.02. The molecule has 0 saturated heterocycles.